The Balaban J connectivity index is 2.30. The maximum absolute atomic E-state index is 5.57. The molecule has 2 aromatic rings. The number of hydrogen-bond acceptors (Lipinski definition) is 3. The van der Waals surface area contributed by atoms with E-state index < -0.39 is 0 Å². The van der Waals surface area contributed by atoms with Crippen LogP contribution in [0.5, 0.6) is 11.5 Å². The lowest BCUT2D eigenvalue weighted by atomic mass is 9.94. The number of thioether (sulfide) groups is 1. The lowest BCUT2D eigenvalue weighted by Gasteiger charge is -2.16. The van der Waals surface area contributed by atoms with E-state index in [1.54, 1.807) is 14.2 Å². The van der Waals surface area contributed by atoms with Gasteiger partial charge >= 0.3 is 0 Å². The second-order valence-corrected chi connectivity index (χ2v) is 6.28. The normalized spacial score (nSPS) is 10.5. The minimum absolute atomic E-state index is 0.881. The van der Waals surface area contributed by atoms with Crippen LogP contribution in [0, 0.1) is 6.92 Å². The third-order valence-electron chi connectivity index (χ3n) is 4.00. The van der Waals surface area contributed by atoms with E-state index >= 15 is 0 Å². The Bertz CT molecular complexity index is 606. The Morgan fingerprint density at radius 3 is 2.27 bits per heavy atom. The smallest absolute Gasteiger partial charge is 0.122 e. The van der Waals surface area contributed by atoms with Crippen molar-refractivity contribution in [2.24, 2.45) is 0 Å². The number of aryl methyl sites for hydroxylation is 1. The zero-order valence-electron chi connectivity index (χ0n) is 13.8. The Labute approximate surface area is 137 Å². The summed E-state index contributed by atoms with van der Waals surface area (Å²) in [5.41, 5.74) is 5.32. The quantitative estimate of drug-likeness (QED) is 0.749. The summed E-state index contributed by atoms with van der Waals surface area (Å²) in [5.74, 6) is 3.01. The van der Waals surface area contributed by atoms with Gasteiger partial charge < -0.3 is 9.47 Å². The average Bonchev–Trinajstić information content (AvgIpc) is 2.56. The van der Waals surface area contributed by atoms with Crippen LogP contribution in [0.4, 0.5) is 0 Å². The van der Waals surface area contributed by atoms with Crippen molar-refractivity contribution in [3.63, 3.8) is 0 Å². The van der Waals surface area contributed by atoms with E-state index in [2.05, 4.69) is 37.4 Å². The van der Waals surface area contributed by atoms with Gasteiger partial charge in [-0.2, -0.15) is 11.8 Å². The fourth-order valence-electron chi connectivity index (χ4n) is 2.62. The molecule has 2 aromatic carbocycles. The van der Waals surface area contributed by atoms with E-state index in [9.17, 15) is 0 Å². The molecule has 0 atom stereocenters. The van der Waals surface area contributed by atoms with Gasteiger partial charge in [0.15, 0.2) is 0 Å². The van der Waals surface area contributed by atoms with Gasteiger partial charge in [-0.25, -0.2) is 0 Å². The van der Waals surface area contributed by atoms with Crippen LogP contribution in [0.15, 0.2) is 36.4 Å². The van der Waals surface area contributed by atoms with Crippen molar-refractivity contribution in [3.05, 3.63) is 58.7 Å². The molecule has 0 amide bonds. The van der Waals surface area contributed by atoms with E-state index in [-0.39, 0.29) is 0 Å². The highest BCUT2D eigenvalue weighted by Gasteiger charge is 2.11. The standard InChI is InChI=1S/C19H24O2S/c1-14-16(11-12-22-4)7-10-19(21-3)18(14)13-15-5-8-17(20-2)9-6-15/h5-10H,11-13H2,1-4H3. The van der Waals surface area contributed by atoms with Crippen LogP contribution in [-0.4, -0.2) is 26.2 Å². The van der Waals surface area contributed by atoms with Crippen LogP contribution in [0.3, 0.4) is 0 Å². The first-order valence-electron chi connectivity index (χ1n) is 7.46. The van der Waals surface area contributed by atoms with Gasteiger partial charge in [-0.15, -0.1) is 0 Å². The van der Waals surface area contributed by atoms with Crippen molar-refractivity contribution in [1.29, 1.82) is 0 Å². The summed E-state index contributed by atoms with van der Waals surface area (Å²) in [4.78, 5) is 0. The molecule has 0 unspecified atom stereocenters. The predicted molar refractivity (Wildman–Crippen MR) is 95.6 cm³/mol. The lowest BCUT2D eigenvalue weighted by Crippen LogP contribution is -2.02. The Hall–Kier alpha value is -1.61. The molecule has 0 saturated heterocycles. The van der Waals surface area contributed by atoms with Crippen molar-refractivity contribution < 1.29 is 9.47 Å². The number of rotatable bonds is 7. The third kappa shape index (κ3) is 3.98. The Morgan fingerprint density at radius 2 is 1.68 bits per heavy atom. The molecule has 3 heteroatoms. The van der Waals surface area contributed by atoms with Crippen LogP contribution in [-0.2, 0) is 12.8 Å². The van der Waals surface area contributed by atoms with Gasteiger partial charge in [-0.3, -0.25) is 0 Å². The summed E-state index contributed by atoms with van der Waals surface area (Å²) in [7, 11) is 3.44. The first-order valence-corrected chi connectivity index (χ1v) is 8.86. The number of benzene rings is 2. The van der Waals surface area contributed by atoms with Gasteiger partial charge in [-0.1, -0.05) is 18.2 Å². The maximum atomic E-state index is 5.57. The van der Waals surface area contributed by atoms with Gasteiger partial charge in [0.2, 0.25) is 0 Å². The van der Waals surface area contributed by atoms with Crippen LogP contribution < -0.4 is 9.47 Å². The van der Waals surface area contributed by atoms with Crippen molar-refractivity contribution in [2.45, 2.75) is 19.8 Å². The van der Waals surface area contributed by atoms with Crippen molar-refractivity contribution in [2.75, 3.05) is 26.2 Å². The topological polar surface area (TPSA) is 18.5 Å². The Morgan fingerprint density at radius 1 is 0.955 bits per heavy atom. The summed E-state index contributed by atoms with van der Waals surface area (Å²) in [5, 5.41) is 0. The highest BCUT2D eigenvalue weighted by Crippen LogP contribution is 2.28. The van der Waals surface area contributed by atoms with Gasteiger partial charge in [0.05, 0.1) is 14.2 Å². The molecule has 0 bridgehead atoms. The van der Waals surface area contributed by atoms with E-state index in [0.717, 1.165) is 30.1 Å². The highest BCUT2D eigenvalue weighted by molar-refractivity contribution is 7.98. The third-order valence-corrected chi connectivity index (χ3v) is 4.62. The van der Waals surface area contributed by atoms with E-state index in [1.807, 2.05) is 23.9 Å². The molecule has 0 aliphatic rings. The van der Waals surface area contributed by atoms with Crippen LogP contribution in [0.1, 0.15) is 22.3 Å². The molecule has 0 aromatic heterocycles. The largest absolute Gasteiger partial charge is 0.497 e. The molecule has 0 aliphatic heterocycles. The highest BCUT2D eigenvalue weighted by atomic mass is 32.2. The molecule has 0 N–H and O–H groups in total. The molecule has 0 aliphatic carbocycles. The summed E-state index contributed by atoms with van der Waals surface area (Å²) in [6, 6.07) is 12.5. The van der Waals surface area contributed by atoms with Crippen molar-refractivity contribution in [1.82, 2.24) is 0 Å². The maximum Gasteiger partial charge on any atom is 0.122 e. The Kier molecular flexibility index (Phi) is 6.20. The fraction of sp³-hybridized carbons (Fsp3) is 0.368. The molecule has 2 rings (SSSR count). The second-order valence-electron chi connectivity index (χ2n) is 5.30. The summed E-state index contributed by atoms with van der Waals surface area (Å²) in [6.07, 6.45) is 4.13. The summed E-state index contributed by atoms with van der Waals surface area (Å²) >= 11 is 1.88. The molecule has 0 heterocycles. The van der Waals surface area contributed by atoms with E-state index in [1.165, 1.54) is 22.3 Å². The van der Waals surface area contributed by atoms with Crippen LogP contribution in [0.25, 0.3) is 0 Å². The molecule has 22 heavy (non-hydrogen) atoms. The average molecular weight is 316 g/mol. The molecule has 0 saturated carbocycles. The van der Waals surface area contributed by atoms with Gasteiger partial charge in [0, 0.05) is 12.0 Å². The predicted octanol–water partition coefficient (Wildman–Crippen LogP) is 4.51. The molecule has 0 fully saturated rings. The van der Waals surface area contributed by atoms with Crippen molar-refractivity contribution in [3.8, 4) is 11.5 Å². The number of hydrogen-bond donors (Lipinski definition) is 0. The molecular weight excluding hydrogens is 292 g/mol. The fourth-order valence-corrected chi connectivity index (χ4v) is 3.05. The number of methoxy groups -OCH3 is 2. The first-order chi connectivity index (χ1) is 10.7. The second kappa shape index (κ2) is 8.14. The van der Waals surface area contributed by atoms with Crippen molar-refractivity contribution >= 4 is 11.8 Å². The van der Waals surface area contributed by atoms with Crippen LogP contribution >= 0.6 is 11.8 Å². The molecule has 2 nitrogen and oxygen atoms in total. The van der Waals surface area contributed by atoms with Gasteiger partial charge in [0.25, 0.3) is 0 Å². The SMILES string of the molecule is COc1ccc(Cc2c(OC)ccc(CCSC)c2C)cc1. The van der Waals surface area contributed by atoms with Gasteiger partial charge in [-0.05, 0) is 60.2 Å². The minimum atomic E-state index is 0.881. The van der Waals surface area contributed by atoms with Crippen LogP contribution in [0.2, 0.25) is 0 Å². The first kappa shape index (κ1) is 16.8. The zero-order valence-corrected chi connectivity index (χ0v) is 14.6. The number of ether oxygens (including phenoxy) is 2. The molecular formula is C19H24O2S. The summed E-state index contributed by atoms with van der Waals surface area (Å²) in [6.45, 7) is 2.21. The van der Waals surface area contributed by atoms with E-state index in [0.29, 0.717) is 0 Å². The minimum Gasteiger partial charge on any atom is -0.497 e. The monoisotopic (exact) mass is 316 g/mol. The zero-order chi connectivity index (χ0) is 15.9. The molecule has 0 radical (unpaired) electrons. The van der Waals surface area contributed by atoms with E-state index in [4.69, 9.17) is 9.47 Å². The molecule has 0 spiro atoms. The van der Waals surface area contributed by atoms with Gasteiger partial charge in [0.1, 0.15) is 11.5 Å². The summed E-state index contributed by atoms with van der Waals surface area (Å²) < 4.78 is 10.8. The molecule has 118 valence electrons. The lowest BCUT2D eigenvalue weighted by molar-refractivity contribution is 0.409.